The van der Waals surface area contributed by atoms with Crippen molar-refractivity contribution in [1.29, 1.82) is 0 Å². The minimum absolute atomic E-state index is 0.213. The number of hydrogen-bond donors (Lipinski definition) is 0. The third kappa shape index (κ3) is 2.91. The largest absolute Gasteiger partial charge is 0.338 e. The number of hydrogen-bond acceptors (Lipinski definition) is 2. The van der Waals surface area contributed by atoms with Crippen molar-refractivity contribution in [2.75, 3.05) is 18.4 Å². The molecule has 0 N–H and O–H groups in total. The molecule has 3 rings (SSSR count). The maximum Gasteiger partial charge on any atom is 0.263 e. The molecule has 1 aliphatic heterocycles. The zero-order valence-corrected chi connectivity index (χ0v) is 13.8. The second-order valence-corrected chi connectivity index (χ2v) is 7.26. The van der Waals surface area contributed by atoms with Crippen molar-refractivity contribution in [2.24, 2.45) is 5.92 Å². The first-order valence-corrected chi connectivity index (χ1v) is 9.05. The van der Waals surface area contributed by atoms with E-state index in [4.69, 9.17) is 0 Å². The third-order valence-corrected chi connectivity index (χ3v) is 5.52. The summed E-state index contributed by atoms with van der Waals surface area (Å²) in [6, 6.07) is 10.2. The molecule has 2 heterocycles. The highest BCUT2D eigenvalue weighted by Gasteiger charge is 2.25. The average Bonchev–Trinajstić information content (AvgIpc) is 2.91. The fourth-order valence-electron chi connectivity index (χ4n) is 2.88. The van der Waals surface area contributed by atoms with E-state index in [1.54, 1.807) is 11.3 Å². The number of nitrogens with zero attached hydrogens (tertiary/aromatic N) is 1. The zero-order valence-electron chi connectivity index (χ0n) is 11.3. The van der Waals surface area contributed by atoms with Crippen molar-refractivity contribution in [1.82, 2.24) is 4.90 Å². The van der Waals surface area contributed by atoms with Crippen LogP contribution in [-0.4, -0.2) is 29.2 Å². The summed E-state index contributed by atoms with van der Waals surface area (Å²) in [5.74, 6) is 0.868. The molecule has 0 saturated carbocycles. The summed E-state index contributed by atoms with van der Waals surface area (Å²) in [5, 5.41) is 2.21. The van der Waals surface area contributed by atoms with E-state index in [1.165, 1.54) is 16.5 Å². The average molecular weight is 352 g/mol. The van der Waals surface area contributed by atoms with Crippen LogP contribution in [0.5, 0.6) is 0 Å². The molecule has 1 amide bonds. The molecule has 1 aliphatic rings. The van der Waals surface area contributed by atoms with Gasteiger partial charge < -0.3 is 4.90 Å². The molecule has 20 heavy (non-hydrogen) atoms. The van der Waals surface area contributed by atoms with Crippen LogP contribution in [0.3, 0.4) is 0 Å². The van der Waals surface area contributed by atoms with E-state index in [2.05, 4.69) is 28.1 Å². The number of carbonyl (C=O) groups is 1. The van der Waals surface area contributed by atoms with E-state index >= 15 is 0 Å². The quantitative estimate of drug-likeness (QED) is 0.743. The van der Waals surface area contributed by atoms with Gasteiger partial charge in [0.2, 0.25) is 0 Å². The predicted molar refractivity (Wildman–Crippen MR) is 88.9 cm³/mol. The molecular formula is C16H18BrNOS. The maximum atomic E-state index is 12.6. The Hall–Kier alpha value is -0.870. The third-order valence-electron chi connectivity index (χ3n) is 3.96. The number of likely N-dealkylation sites (tertiary alicyclic amines) is 1. The summed E-state index contributed by atoms with van der Waals surface area (Å²) in [6.07, 6.45) is 3.55. The monoisotopic (exact) mass is 351 g/mol. The number of piperidine rings is 1. The molecule has 0 radical (unpaired) electrons. The van der Waals surface area contributed by atoms with E-state index < -0.39 is 0 Å². The Morgan fingerprint density at radius 1 is 1.40 bits per heavy atom. The first-order chi connectivity index (χ1) is 9.78. The Balaban J connectivity index is 1.77. The van der Waals surface area contributed by atoms with Gasteiger partial charge in [0, 0.05) is 23.1 Å². The highest BCUT2D eigenvalue weighted by molar-refractivity contribution is 9.09. The highest BCUT2D eigenvalue weighted by Crippen LogP contribution is 2.28. The molecule has 0 aliphatic carbocycles. The molecule has 106 valence electrons. The van der Waals surface area contributed by atoms with Crippen molar-refractivity contribution in [3.05, 3.63) is 35.2 Å². The fourth-order valence-corrected chi connectivity index (χ4v) is 4.56. The number of rotatable bonds is 3. The molecule has 2 aromatic rings. The lowest BCUT2D eigenvalue weighted by Gasteiger charge is -2.32. The number of amides is 1. The van der Waals surface area contributed by atoms with E-state index in [0.29, 0.717) is 5.92 Å². The van der Waals surface area contributed by atoms with Crippen LogP contribution in [0, 0.1) is 5.92 Å². The summed E-state index contributed by atoms with van der Waals surface area (Å²) in [4.78, 5) is 15.6. The Kier molecular flexibility index (Phi) is 4.41. The molecule has 0 spiro atoms. The first-order valence-electron chi connectivity index (χ1n) is 7.12. The van der Waals surface area contributed by atoms with E-state index in [9.17, 15) is 4.79 Å². The number of halogens is 1. The van der Waals surface area contributed by atoms with Crippen molar-refractivity contribution in [3.63, 3.8) is 0 Å². The molecule has 1 fully saturated rings. The van der Waals surface area contributed by atoms with Crippen molar-refractivity contribution >= 4 is 43.3 Å². The summed E-state index contributed by atoms with van der Waals surface area (Å²) >= 11 is 5.12. The Morgan fingerprint density at radius 3 is 3.05 bits per heavy atom. The fraction of sp³-hybridized carbons (Fsp3) is 0.438. The molecular weight excluding hydrogens is 334 g/mol. The lowest BCUT2D eigenvalue weighted by atomic mass is 9.95. The molecule has 1 atom stereocenters. The zero-order chi connectivity index (χ0) is 13.9. The van der Waals surface area contributed by atoms with Gasteiger partial charge in [0.05, 0.1) is 4.88 Å². The van der Waals surface area contributed by atoms with Gasteiger partial charge in [-0.1, -0.05) is 34.1 Å². The minimum Gasteiger partial charge on any atom is -0.338 e. The van der Waals surface area contributed by atoms with Crippen LogP contribution in [0.15, 0.2) is 30.3 Å². The smallest absolute Gasteiger partial charge is 0.263 e. The highest BCUT2D eigenvalue weighted by atomic mass is 79.9. The number of thiophene rings is 1. The van der Waals surface area contributed by atoms with Crippen molar-refractivity contribution < 1.29 is 4.79 Å². The standard InChI is InChI=1S/C16H18BrNOS/c17-8-7-12-4-3-9-18(11-12)16(19)15-10-13-5-1-2-6-14(13)20-15/h1-2,5-6,10,12H,3-4,7-9,11H2. The van der Waals surface area contributed by atoms with Gasteiger partial charge in [0.15, 0.2) is 0 Å². The SMILES string of the molecule is O=C(c1cc2ccccc2s1)N1CCCC(CCBr)C1. The molecule has 0 bridgehead atoms. The van der Waals surface area contributed by atoms with Gasteiger partial charge in [-0.05, 0) is 42.7 Å². The summed E-state index contributed by atoms with van der Waals surface area (Å²) in [7, 11) is 0. The van der Waals surface area contributed by atoms with E-state index in [-0.39, 0.29) is 5.91 Å². The first kappa shape index (κ1) is 14.1. The Morgan fingerprint density at radius 2 is 2.25 bits per heavy atom. The lowest BCUT2D eigenvalue weighted by Crippen LogP contribution is -2.39. The molecule has 4 heteroatoms. The number of fused-ring (bicyclic) bond motifs is 1. The predicted octanol–water partition coefficient (Wildman–Crippen LogP) is 4.54. The van der Waals surface area contributed by atoms with Crippen LogP contribution in [0.4, 0.5) is 0 Å². The van der Waals surface area contributed by atoms with E-state index in [1.807, 2.05) is 23.1 Å². The molecule has 1 aromatic carbocycles. The molecule has 1 unspecified atom stereocenters. The Labute approximate surface area is 131 Å². The van der Waals surface area contributed by atoms with Gasteiger partial charge in [-0.2, -0.15) is 0 Å². The second-order valence-electron chi connectivity index (χ2n) is 5.39. The van der Waals surface area contributed by atoms with Crippen LogP contribution in [0.25, 0.3) is 10.1 Å². The van der Waals surface area contributed by atoms with Crippen molar-refractivity contribution in [3.8, 4) is 0 Å². The van der Waals surface area contributed by atoms with Crippen LogP contribution >= 0.6 is 27.3 Å². The number of benzene rings is 1. The van der Waals surface area contributed by atoms with Crippen LogP contribution in [-0.2, 0) is 0 Å². The minimum atomic E-state index is 0.213. The van der Waals surface area contributed by atoms with Crippen LogP contribution in [0.2, 0.25) is 0 Å². The second kappa shape index (κ2) is 6.27. The maximum absolute atomic E-state index is 12.6. The van der Waals surface area contributed by atoms with Gasteiger partial charge in [-0.15, -0.1) is 11.3 Å². The van der Waals surface area contributed by atoms with Crippen molar-refractivity contribution in [2.45, 2.75) is 19.3 Å². The topological polar surface area (TPSA) is 20.3 Å². The van der Waals surface area contributed by atoms with Crippen LogP contribution < -0.4 is 0 Å². The molecule has 2 nitrogen and oxygen atoms in total. The summed E-state index contributed by atoms with van der Waals surface area (Å²) < 4.78 is 1.20. The summed E-state index contributed by atoms with van der Waals surface area (Å²) in [5.41, 5.74) is 0. The normalized spacial score (nSPS) is 19.4. The van der Waals surface area contributed by atoms with Gasteiger partial charge in [-0.25, -0.2) is 0 Å². The summed E-state index contributed by atoms with van der Waals surface area (Å²) in [6.45, 7) is 1.82. The van der Waals surface area contributed by atoms with E-state index in [0.717, 1.165) is 36.1 Å². The molecule has 1 aromatic heterocycles. The van der Waals surface area contributed by atoms with Gasteiger partial charge in [0.25, 0.3) is 5.91 Å². The number of carbonyl (C=O) groups excluding carboxylic acids is 1. The van der Waals surface area contributed by atoms with Crippen LogP contribution in [0.1, 0.15) is 28.9 Å². The van der Waals surface area contributed by atoms with Gasteiger partial charge >= 0.3 is 0 Å². The van der Waals surface area contributed by atoms with Gasteiger partial charge in [-0.3, -0.25) is 4.79 Å². The number of alkyl halides is 1. The van der Waals surface area contributed by atoms with Gasteiger partial charge in [0.1, 0.15) is 0 Å². The molecule has 1 saturated heterocycles. The Bertz CT molecular complexity index is 574. The lowest BCUT2D eigenvalue weighted by molar-refractivity contribution is 0.0677.